The number of unbranched alkanes of at least 4 members (excludes halogenated alkanes) is 15. The number of ether oxygens (including phenoxy) is 2. The summed E-state index contributed by atoms with van der Waals surface area (Å²) < 4.78 is 32.6. The van der Waals surface area contributed by atoms with E-state index in [-0.39, 0.29) is 32.6 Å². The molecule has 47 heavy (non-hydrogen) atoms. The van der Waals surface area contributed by atoms with Gasteiger partial charge in [0.15, 0.2) is 6.10 Å². The van der Waals surface area contributed by atoms with Gasteiger partial charge in [-0.1, -0.05) is 115 Å². The van der Waals surface area contributed by atoms with Crippen LogP contribution in [0.2, 0.25) is 0 Å². The van der Waals surface area contributed by atoms with Gasteiger partial charge in [-0.15, -0.1) is 0 Å². The highest BCUT2D eigenvalue weighted by Crippen LogP contribution is 2.43. The largest absolute Gasteiger partial charge is 0.472 e. The fourth-order valence-electron chi connectivity index (χ4n) is 4.70. The fraction of sp³-hybridized carbons (Fsp3) is 0.784. The maximum Gasteiger partial charge on any atom is 0.472 e. The Morgan fingerprint density at radius 1 is 0.638 bits per heavy atom. The maximum atomic E-state index is 12.5. The number of esters is 2. The third-order valence-electron chi connectivity index (χ3n) is 7.50. The first-order chi connectivity index (χ1) is 22.8. The van der Waals surface area contributed by atoms with Crippen molar-refractivity contribution in [3.8, 4) is 0 Å². The summed E-state index contributed by atoms with van der Waals surface area (Å²) in [4.78, 5) is 34.6. The summed E-state index contributed by atoms with van der Waals surface area (Å²) in [6.45, 7) is 3.62. The van der Waals surface area contributed by atoms with E-state index in [1.807, 2.05) is 0 Å². The van der Waals surface area contributed by atoms with Crippen LogP contribution in [0, 0.1) is 0 Å². The fourth-order valence-corrected chi connectivity index (χ4v) is 5.47. The van der Waals surface area contributed by atoms with Crippen LogP contribution in [0.1, 0.15) is 155 Å². The molecule has 0 saturated carbocycles. The van der Waals surface area contributed by atoms with Gasteiger partial charge in [0.05, 0.1) is 13.2 Å². The minimum Gasteiger partial charge on any atom is -0.462 e. The van der Waals surface area contributed by atoms with Crippen molar-refractivity contribution in [1.29, 1.82) is 0 Å². The van der Waals surface area contributed by atoms with Gasteiger partial charge in [-0.2, -0.15) is 0 Å². The second kappa shape index (κ2) is 34.1. The molecule has 3 N–H and O–H groups in total. The normalized spacial score (nSPS) is 13.9. The average Bonchev–Trinajstić information content (AvgIpc) is 3.05. The van der Waals surface area contributed by atoms with Gasteiger partial charge in [-0.25, -0.2) is 4.57 Å². The summed E-state index contributed by atoms with van der Waals surface area (Å²) in [7, 11) is -4.37. The molecule has 0 aliphatic rings. The molecule has 0 aliphatic heterocycles. The van der Waals surface area contributed by atoms with E-state index in [1.165, 1.54) is 32.1 Å². The zero-order valence-corrected chi connectivity index (χ0v) is 30.7. The van der Waals surface area contributed by atoms with Crippen molar-refractivity contribution in [3.05, 3.63) is 36.5 Å². The number of rotatable bonds is 34. The first-order valence-corrected chi connectivity index (χ1v) is 20.0. The highest BCUT2D eigenvalue weighted by atomic mass is 31.2. The summed E-state index contributed by atoms with van der Waals surface area (Å²) in [6, 6.07) is 0. The van der Waals surface area contributed by atoms with Crippen molar-refractivity contribution < 1.29 is 37.6 Å². The molecule has 0 aliphatic carbocycles. The van der Waals surface area contributed by atoms with E-state index < -0.39 is 32.5 Å². The molecule has 0 aromatic heterocycles. The number of allylic oxidation sites excluding steroid dienone is 6. The summed E-state index contributed by atoms with van der Waals surface area (Å²) in [5, 5.41) is 0. The number of carbonyl (C=O) groups excluding carboxylic acids is 2. The van der Waals surface area contributed by atoms with Gasteiger partial charge in [0.1, 0.15) is 6.61 Å². The third-order valence-corrected chi connectivity index (χ3v) is 8.48. The van der Waals surface area contributed by atoms with Crippen LogP contribution in [-0.4, -0.2) is 49.3 Å². The molecule has 0 aromatic rings. The van der Waals surface area contributed by atoms with Gasteiger partial charge >= 0.3 is 19.8 Å². The van der Waals surface area contributed by atoms with Crippen molar-refractivity contribution in [2.75, 3.05) is 26.4 Å². The van der Waals surface area contributed by atoms with Crippen LogP contribution in [0.4, 0.5) is 0 Å². The van der Waals surface area contributed by atoms with Crippen LogP contribution in [0.15, 0.2) is 36.5 Å². The molecule has 0 rings (SSSR count). The average molecular weight is 686 g/mol. The molecule has 2 atom stereocenters. The Morgan fingerprint density at radius 3 is 1.70 bits per heavy atom. The van der Waals surface area contributed by atoms with Gasteiger partial charge in [0.25, 0.3) is 0 Å². The molecule has 10 heteroatoms. The topological polar surface area (TPSA) is 134 Å². The summed E-state index contributed by atoms with van der Waals surface area (Å²) in [5.41, 5.74) is 5.32. The molecule has 0 saturated heterocycles. The molecule has 9 nitrogen and oxygen atoms in total. The molecular formula is C37H68NO8P. The Morgan fingerprint density at radius 2 is 1.13 bits per heavy atom. The van der Waals surface area contributed by atoms with E-state index in [1.54, 1.807) is 0 Å². The van der Waals surface area contributed by atoms with Gasteiger partial charge in [0, 0.05) is 19.4 Å². The number of hydrogen-bond donors (Lipinski definition) is 2. The summed E-state index contributed by atoms with van der Waals surface area (Å²) in [6.07, 6.45) is 34.6. The van der Waals surface area contributed by atoms with Crippen molar-refractivity contribution in [2.45, 2.75) is 161 Å². The Bertz CT molecular complexity index is 876. The van der Waals surface area contributed by atoms with E-state index in [4.69, 9.17) is 24.3 Å². The second-order valence-electron chi connectivity index (χ2n) is 12.1. The summed E-state index contributed by atoms with van der Waals surface area (Å²) in [5.74, 6) is -0.859. The Labute approximate surface area is 286 Å². The number of phosphoric acid groups is 1. The van der Waals surface area contributed by atoms with Crippen LogP contribution in [-0.2, 0) is 32.7 Å². The molecule has 0 spiro atoms. The lowest BCUT2D eigenvalue weighted by atomic mass is 10.1. The van der Waals surface area contributed by atoms with E-state index in [0.717, 1.165) is 83.5 Å². The van der Waals surface area contributed by atoms with E-state index >= 15 is 0 Å². The monoisotopic (exact) mass is 685 g/mol. The van der Waals surface area contributed by atoms with E-state index in [0.29, 0.717) is 12.8 Å². The molecule has 0 radical (unpaired) electrons. The van der Waals surface area contributed by atoms with E-state index in [9.17, 15) is 19.0 Å². The van der Waals surface area contributed by atoms with Crippen molar-refractivity contribution in [1.82, 2.24) is 0 Å². The second-order valence-corrected chi connectivity index (χ2v) is 13.5. The zero-order valence-electron chi connectivity index (χ0n) is 29.8. The summed E-state index contributed by atoms with van der Waals surface area (Å²) >= 11 is 0. The highest BCUT2D eigenvalue weighted by Gasteiger charge is 2.25. The molecular weight excluding hydrogens is 617 g/mol. The molecule has 0 heterocycles. The van der Waals surface area contributed by atoms with Gasteiger partial charge in [-0.05, 0) is 64.2 Å². The van der Waals surface area contributed by atoms with Crippen LogP contribution in [0.25, 0.3) is 0 Å². The van der Waals surface area contributed by atoms with Crippen LogP contribution < -0.4 is 5.73 Å². The van der Waals surface area contributed by atoms with Gasteiger partial charge in [0.2, 0.25) is 0 Å². The highest BCUT2D eigenvalue weighted by molar-refractivity contribution is 7.47. The lowest BCUT2D eigenvalue weighted by Gasteiger charge is -2.19. The first-order valence-electron chi connectivity index (χ1n) is 18.5. The number of carbonyl (C=O) groups is 2. The standard InChI is InChI=1S/C37H68NO8P/c1-3-5-7-9-11-13-15-17-18-20-21-23-25-27-29-36(39)43-33-35(34-45-47(41,42)44-32-31-38)46-37(40)30-28-26-24-22-19-16-14-12-10-8-6-4-2/h9,11-12,14-15,17,35H,3-8,10,13,16,18-34,38H2,1-2H3,(H,41,42)/b11-9-,14-12-,17-15-/t35-/m1/s1. The van der Waals surface area contributed by atoms with Gasteiger partial charge < -0.3 is 20.1 Å². The minimum atomic E-state index is -4.37. The molecule has 1 unspecified atom stereocenters. The first kappa shape index (κ1) is 45.2. The Balaban J connectivity index is 4.28. The van der Waals surface area contributed by atoms with Crippen molar-refractivity contribution in [3.63, 3.8) is 0 Å². The number of nitrogens with two attached hydrogens (primary N) is 1. The predicted octanol–water partition coefficient (Wildman–Crippen LogP) is 9.82. The van der Waals surface area contributed by atoms with Gasteiger partial charge in [-0.3, -0.25) is 18.6 Å². The van der Waals surface area contributed by atoms with E-state index in [2.05, 4.69) is 50.3 Å². The molecule has 0 fully saturated rings. The lowest BCUT2D eigenvalue weighted by molar-refractivity contribution is -0.161. The quantitative estimate of drug-likeness (QED) is 0.0294. The van der Waals surface area contributed by atoms with Crippen molar-refractivity contribution in [2.24, 2.45) is 5.73 Å². The Hall–Kier alpha value is -1.77. The van der Waals surface area contributed by atoms with Crippen LogP contribution in [0.5, 0.6) is 0 Å². The number of phosphoric ester groups is 1. The molecule has 0 amide bonds. The minimum absolute atomic E-state index is 0.0494. The Kier molecular flexibility index (Phi) is 32.8. The van der Waals surface area contributed by atoms with Crippen LogP contribution in [0.3, 0.4) is 0 Å². The SMILES string of the molecule is CCCC/C=C\C/C=C\CCCCCCCC(=O)OC[C@H](COP(=O)(O)OCCN)OC(=O)CCCCCCC/C=C\CCCCC. The molecule has 274 valence electrons. The lowest BCUT2D eigenvalue weighted by Crippen LogP contribution is -2.29. The maximum absolute atomic E-state index is 12.5. The third kappa shape index (κ3) is 33.9. The van der Waals surface area contributed by atoms with Crippen LogP contribution >= 0.6 is 7.82 Å². The smallest absolute Gasteiger partial charge is 0.462 e. The molecule has 0 aromatic carbocycles. The zero-order chi connectivity index (χ0) is 34.7. The molecule has 0 bridgehead atoms. The van der Waals surface area contributed by atoms with Crippen molar-refractivity contribution >= 4 is 19.8 Å². The number of hydrogen-bond acceptors (Lipinski definition) is 8. The predicted molar refractivity (Wildman–Crippen MR) is 192 cm³/mol.